The minimum absolute atomic E-state index is 0.720. The number of methoxy groups -OCH3 is 1. The van der Waals surface area contributed by atoms with Crippen molar-refractivity contribution in [2.75, 3.05) is 13.4 Å². The van der Waals surface area contributed by atoms with Gasteiger partial charge in [0.25, 0.3) is 0 Å². The Balaban J connectivity index is 2.93. The van der Waals surface area contributed by atoms with Crippen LogP contribution >= 0.6 is 11.8 Å². The molecular formula is C11H16OS. The highest BCUT2D eigenvalue weighted by atomic mass is 32.2. The lowest BCUT2D eigenvalue weighted by atomic mass is 10.1. The van der Waals surface area contributed by atoms with Crippen LogP contribution in [0.25, 0.3) is 0 Å². The Hall–Kier alpha value is -0.470. The molecule has 0 unspecified atom stereocenters. The second-order valence-corrected chi connectivity index (χ2v) is 3.80. The molecule has 13 heavy (non-hydrogen) atoms. The molecule has 0 aliphatic heterocycles. The maximum atomic E-state index is 5.14. The van der Waals surface area contributed by atoms with E-state index in [4.69, 9.17) is 4.74 Å². The van der Waals surface area contributed by atoms with Crippen LogP contribution in [0.4, 0.5) is 0 Å². The fourth-order valence-corrected chi connectivity index (χ4v) is 1.82. The third-order valence-electron chi connectivity index (χ3n) is 2.09. The van der Waals surface area contributed by atoms with Crippen molar-refractivity contribution in [3.63, 3.8) is 0 Å². The number of aryl methyl sites for hydroxylation is 1. The summed E-state index contributed by atoms with van der Waals surface area (Å²) in [6, 6.07) is 6.56. The van der Waals surface area contributed by atoms with Gasteiger partial charge in [-0.3, -0.25) is 0 Å². The van der Waals surface area contributed by atoms with Crippen LogP contribution in [0.15, 0.2) is 23.1 Å². The molecule has 0 aliphatic carbocycles. The van der Waals surface area contributed by atoms with Crippen LogP contribution in [0, 0.1) is 0 Å². The number of benzene rings is 1. The molecule has 0 amide bonds. The van der Waals surface area contributed by atoms with Crippen LogP contribution in [0.1, 0.15) is 18.1 Å². The summed E-state index contributed by atoms with van der Waals surface area (Å²) in [5.74, 6) is 0. The van der Waals surface area contributed by atoms with E-state index in [1.54, 1.807) is 18.9 Å². The topological polar surface area (TPSA) is 9.23 Å². The highest BCUT2D eigenvalue weighted by Gasteiger charge is 2.01. The van der Waals surface area contributed by atoms with E-state index in [9.17, 15) is 0 Å². The molecule has 1 rings (SSSR count). The zero-order valence-corrected chi connectivity index (χ0v) is 9.28. The van der Waals surface area contributed by atoms with Gasteiger partial charge in [-0.25, -0.2) is 0 Å². The van der Waals surface area contributed by atoms with Gasteiger partial charge in [0.2, 0.25) is 0 Å². The fraction of sp³-hybridized carbons (Fsp3) is 0.455. The van der Waals surface area contributed by atoms with Crippen LogP contribution in [0.2, 0.25) is 0 Å². The van der Waals surface area contributed by atoms with Gasteiger partial charge in [-0.15, -0.1) is 11.8 Å². The largest absolute Gasteiger partial charge is 0.380 e. The summed E-state index contributed by atoms with van der Waals surface area (Å²) in [7, 11) is 1.74. The second kappa shape index (κ2) is 5.30. The van der Waals surface area contributed by atoms with Crippen LogP contribution < -0.4 is 0 Å². The van der Waals surface area contributed by atoms with Crippen molar-refractivity contribution in [3.05, 3.63) is 29.3 Å². The number of hydrogen-bond donors (Lipinski definition) is 0. The molecule has 0 radical (unpaired) electrons. The number of ether oxygens (including phenoxy) is 1. The van der Waals surface area contributed by atoms with Crippen LogP contribution in [-0.4, -0.2) is 13.4 Å². The van der Waals surface area contributed by atoms with E-state index in [2.05, 4.69) is 31.4 Å². The average molecular weight is 196 g/mol. The summed E-state index contributed by atoms with van der Waals surface area (Å²) in [4.78, 5) is 1.33. The van der Waals surface area contributed by atoms with E-state index < -0.39 is 0 Å². The lowest BCUT2D eigenvalue weighted by molar-refractivity contribution is 0.184. The van der Waals surface area contributed by atoms with Gasteiger partial charge in [0.05, 0.1) is 6.61 Å². The zero-order chi connectivity index (χ0) is 9.68. The first-order valence-electron chi connectivity index (χ1n) is 4.46. The lowest BCUT2D eigenvalue weighted by Crippen LogP contribution is -1.94. The molecule has 0 saturated heterocycles. The Bertz CT molecular complexity index is 271. The molecule has 0 saturated carbocycles. The maximum absolute atomic E-state index is 5.14. The maximum Gasteiger partial charge on any atom is 0.0715 e. The van der Waals surface area contributed by atoms with Gasteiger partial charge in [-0.05, 0) is 35.9 Å². The van der Waals surface area contributed by atoms with E-state index in [-0.39, 0.29) is 0 Å². The molecular weight excluding hydrogens is 180 g/mol. The predicted octanol–water partition coefficient (Wildman–Crippen LogP) is 3.12. The molecule has 0 heterocycles. The van der Waals surface area contributed by atoms with Crippen LogP contribution in [-0.2, 0) is 17.8 Å². The Morgan fingerprint density at radius 1 is 1.31 bits per heavy atom. The first kappa shape index (κ1) is 10.6. The quantitative estimate of drug-likeness (QED) is 0.684. The highest BCUT2D eigenvalue weighted by molar-refractivity contribution is 7.98. The Kier molecular flexibility index (Phi) is 4.33. The normalized spacial score (nSPS) is 10.4. The number of rotatable bonds is 4. The smallest absolute Gasteiger partial charge is 0.0715 e. The van der Waals surface area contributed by atoms with Crippen LogP contribution in [0.3, 0.4) is 0 Å². The SMILES string of the molecule is CCc1cc(SC)ccc1COC. The van der Waals surface area contributed by atoms with Gasteiger partial charge < -0.3 is 4.74 Å². The molecule has 1 nitrogen and oxygen atoms in total. The minimum Gasteiger partial charge on any atom is -0.380 e. The van der Waals surface area contributed by atoms with Crippen molar-refractivity contribution in [2.24, 2.45) is 0 Å². The lowest BCUT2D eigenvalue weighted by Gasteiger charge is -2.08. The summed E-state index contributed by atoms with van der Waals surface area (Å²) in [5.41, 5.74) is 2.71. The summed E-state index contributed by atoms with van der Waals surface area (Å²) < 4.78 is 5.14. The Morgan fingerprint density at radius 2 is 2.08 bits per heavy atom. The van der Waals surface area contributed by atoms with Gasteiger partial charge in [-0.1, -0.05) is 13.0 Å². The zero-order valence-electron chi connectivity index (χ0n) is 8.46. The van der Waals surface area contributed by atoms with Gasteiger partial charge in [-0.2, -0.15) is 0 Å². The molecule has 0 bridgehead atoms. The summed E-state index contributed by atoms with van der Waals surface area (Å²) in [6.07, 6.45) is 3.18. The summed E-state index contributed by atoms with van der Waals surface area (Å²) in [6.45, 7) is 2.90. The molecule has 0 atom stereocenters. The third kappa shape index (κ3) is 2.75. The molecule has 0 fully saturated rings. The van der Waals surface area contributed by atoms with Crippen molar-refractivity contribution in [2.45, 2.75) is 24.8 Å². The minimum atomic E-state index is 0.720. The molecule has 2 heteroatoms. The monoisotopic (exact) mass is 196 g/mol. The first-order chi connectivity index (χ1) is 6.31. The summed E-state index contributed by atoms with van der Waals surface area (Å²) >= 11 is 1.78. The predicted molar refractivity (Wildman–Crippen MR) is 58.3 cm³/mol. The van der Waals surface area contributed by atoms with E-state index in [1.165, 1.54) is 16.0 Å². The van der Waals surface area contributed by atoms with Gasteiger partial charge >= 0.3 is 0 Å². The van der Waals surface area contributed by atoms with Crippen molar-refractivity contribution < 1.29 is 4.74 Å². The van der Waals surface area contributed by atoms with Crippen molar-refractivity contribution >= 4 is 11.8 Å². The second-order valence-electron chi connectivity index (χ2n) is 2.92. The average Bonchev–Trinajstić information content (AvgIpc) is 2.19. The molecule has 1 aromatic rings. The molecule has 0 spiro atoms. The van der Waals surface area contributed by atoms with Gasteiger partial charge in [0.15, 0.2) is 0 Å². The molecule has 72 valence electrons. The molecule has 1 aromatic carbocycles. The molecule has 0 aromatic heterocycles. The van der Waals surface area contributed by atoms with E-state index >= 15 is 0 Å². The highest BCUT2D eigenvalue weighted by Crippen LogP contribution is 2.20. The fourth-order valence-electron chi connectivity index (χ4n) is 1.35. The van der Waals surface area contributed by atoms with E-state index in [0.717, 1.165) is 13.0 Å². The van der Waals surface area contributed by atoms with E-state index in [1.807, 2.05) is 0 Å². The van der Waals surface area contributed by atoms with E-state index in [0.29, 0.717) is 0 Å². The molecule has 0 aliphatic rings. The van der Waals surface area contributed by atoms with Gasteiger partial charge in [0.1, 0.15) is 0 Å². The molecule has 0 N–H and O–H groups in total. The Morgan fingerprint density at radius 3 is 2.62 bits per heavy atom. The number of thioether (sulfide) groups is 1. The van der Waals surface area contributed by atoms with Crippen molar-refractivity contribution in [1.82, 2.24) is 0 Å². The first-order valence-corrected chi connectivity index (χ1v) is 5.69. The van der Waals surface area contributed by atoms with Crippen molar-refractivity contribution in [3.8, 4) is 0 Å². The van der Waals surface area contributed by atoms with Crippen molar-refractivity contribution in [1.29, 1.82) is 0 Å². The van der Waals surface area contributed by atoms with Crippen LogP contribution in [0.5, 0.6) is 0 Å². The third-order valence-corrected chi connectivity index (χ3v) is 2.82. The standard InChI is InChI=1S/C11H16OS/c1-4-9-7-11(13-3)6-5-10(9)8-12-2/h5-7H,4,8H2,1-3H3. The Labute approximate surface area is 84.5 Å². The number of hydrogen-bond acceptors (Lipinski definition) is 2. The van der Waals surface area contributed by atoms with Gasteiger partial charge in [0, 0.05) is 12.0 Å². The summed E-state index contributed by atoms with van der Waals surface area (Å²) in [5, 5.41) is 0.